The molecule has 112 valence electrons. The first-order valence-corrected chi connectivity index (χ1v) is 7.25. The molecule has 0 N–H and O–H groups in total. The van der Waals surface area contributed by atoms with Crippen LogP contribution in [0.25, 0.3) is 11.4 Å². The van der Waals surface area contributed by atoms with Crippen molar-refractivity contribution >= 4 is 23.2 Å². The van der Waals surface area contributed by atoms with Gasteiger partial charge < -0.3 is 9.26 Å². The Labute approximate surface area is 136 Å². The predicted molar refractivity (Wildman–Crippen MR) is 83.0 cm³/mol. The molecule has 0 saturated heterocycles. The second-order valence-electron chi connectivity index (χ2n) is 4.53. The van der Waals surface area contributed by atoms with Gasteiger partial charge in [0.1, 0.15) is 5.75 Å². The fourth-order valence-electron chi connectivity index (χ4n) is 1.82. The molecule has 2 aromatic heterocycles. The summed E-state index contributed by atoms with van der Waals surface area (Å²) < 4.78 is 11.0. The molecule has 0 spiro atoms. The number of aromatic nitrogens is 3. The summed E-state index contributed by atoms with van der Waals surface area (Å²) >= 11 is 11.9. The number of benzene rings is 1. The third-order valence-electron chi connectivity index (χ3n) is 2.91. The van der Waals surface area contributed by atoms with Crippen LogP contribution in [0.4, 0.5) is 0 Å². The Hall–Kier alpha value is -2.11. The van der Waals surface area contributed by atoms with E-state index in [4.69, 9.17) is 32.5 Å². The van der Waals surface area contributed by atoms with Crippen LogP contribution >= 0.6 is 23.2 Å². The van der Waals surface area contributed by atoms with Crippen LogP contribution in [0.1, 0.15) is 18.9 Å². The highest BCUT2D eigenvalue weighted by Gasteiger charge is 2.18. The number of ether oxygens (including phenoxy) is 1. The Morgan fingerprint density at radius 2 is 2.09 bits per heavy atom. The van der Waals surface area contributed by atoms with Crippen molar-refractivity contribution in [3.05, 3.63) is 58.7 Å². The van der Waals surface area contributed by atoms with Crippen LogP contribution in [0.15, 0.2) is 47.2 Å². The van der Waals surface area contributed by atoms with Crippen LogP contribution < -0.4 is 4.74 Å². The summed E-state index contributed by atoms with van der Waals surface area (Å²) in [4.78, 5) is 8.33. The van der Waals surface area contributed by atoms with Gasteiger partial charge in [-0.1, -0.05) is 28.4 Å². The predicted octanol–water partition coefficient (Wildman–Crippen LogP) is 4.58. The van der Waals surface area contributed by atoms with Crippen LogP contribution in [0.2, 0.25) is 10.0 Å². The van der Waals surface area contributed by atoms with Gasteiger partial charge in [-0.15, -0.1) is 0 Å². The minimum absolute atomic E-state index is 0.352. The highest BCUT2D eigenvalue weighted by atomic mass is 35.5. The van der Waals surface area contributed by atoms with Crippen molar-refractivity contribution in [2.75, 3.05) is 0 Å². The van der Waals surface area contributed by atoms with E-state index in [9.17, 15) is 0 Å². The van der Waals surface area contributed by atoms with Crippen molar-refractivity contribution < 1.29 is 9.26 Å². The maximum atomic E-state index is 6.08. The molecule has 0 amide bonds. The van der Waals surface area contributed by atoms with E-state index >= 15 is 0 Å². The first-order chi connectivity index (χ1) is 10.6. The molecule has 0 unspecified atom stereocenters. The number of nitrogens with zero attached hydrogens (tertiary/aromatic N) is 3. The van der Waals surface area contributed by atoms with Gasteiger partial charge in [0.2, 0.25) is 5.82 Å². The molecule has 5 nitrogen and oxygen atoms in total. The van der Waals surface area contributed by atoms with E-state index in [-0.39, 0.29) is 0 Å². The first kappa shape index (κ1) is 14.8. The number of halogens is 2. The fourth-order valence-corrected chi connectivity index (χ4v) is 2.28. The molecule has 0 aliphatic heterocycles. The minimum Gasteiger partial charge on any atom is -0.479 e. The summed E-state index contributed by atoms with van der Waals surface area (Å²) in [6.45, 7) is 1.80. The van der Waals surface area contributed by atoms with Gasteiger partial charge in [-0.25, -0.2) is 0 Å². The van der Waals surface area contributed by atoms with E-state index in [0.717, 1.165) is 5.56 Å². The molecule has 0 radical (unpaired) electrons. The van der Waals surface area contributed by atoms with Crippen LogP contribution in [0.3, 0.4) is 0 Å². The molecule has 7 heteroatoms. The maximum absolute atomic E-state index is 6.08. The normalized spacial score (nSPS) is 12.1. The molecule has 0 saturated carbocycles. The quantitative estimate of drug-likeness (QED) is 0.698. The third kappa shape index (κ3) is 3.21. The Kier molecular flexibility index (Phi) is 4.27. The molecule has 22 heavy (non-hydrogen) atoms. The van der Waals surface area contributed by atoms with Gasteiger partial charge in [-0.2, -0.15) is 4.98 Å². The van der Waals surface area contributed by atoms with E-state index in [1.54, 1.807) is 43.6 Å². The van der Waals surface area contributed by atoms with E-state index in [1.165, 1.54) is 0 Å². The minimum atomic E-state index is -0.448. The van der Waals surface area contributed by atoms with Crippen molar-refractivity contribution in [1.82, 2.24) is 15.1 Å². The molecule has 0 fully saturated rings. The Bertz CT molecular complexity index is 777. The van der Waals surface area contributed by atoms with Crippen molar-refractivity contribution in [3.8, 4) is 17.1 Å². The number of pyridine rings is 1. The monoisotopic (exact) mass is 335 g/mol. The average Bonchev–Trinajstić information content (AvgIpc) is 3.01. The van der Waals surface area contributed by atoms with Gasteiger partial charge in [-0.3, -0.25) is 4.98 Å². The molecule has 0 bridgehead atoms. The molecular weight excluding hydrogens is 325 g/mol. The average molecular weight is 336 g/mol. The summed E-state index contributed by atoms with van der Waals surface area (Å²) in [5.74, 6) is 1.31. The third-order valence-corrected chi connectivity index (χ3v) is 3.44. The molecule has 0 aliphatic rings. The second-order valence-corrected chi connectivity index (χ2v) is 5.38. The number of hydrogen-bond donors (Lipinski definition) is 0. The van der Waals surface area contributed by atoms with Gasteiger partial charge in [0.15, 0.2) is 6.10 Å². The maximum Gasteiger partial charge on any atom is 0.267 e. The summed E-state index contributed by atoms with van der Waals surface area (Å²) in [7, 11) is 0. The smallest absolute Gasteiger partial charge is 0.267 e. The molecule has 3 rings (SSSR count). The standard InChI is InChI=1S/C15H11Cl2N3O2/c1-9(21-13-5-4-11(16)7-12(13)17)15-19-14(20-22-15)10-3-2-6-18-8-10/h2-9H,1H3/t9-/m1/s1. The molecule has 1 aromatic carbocycles. The molecule has 1 atom stereocenters. The lowest BCUT2D eigenvalue weighted by Crippen LogP contribution is -2.03. The van der Waals surface area contributed by atoms with E-state index < -0.39 is 6.10 Å². The highest BCUT2D eigenvalue weighted by molar-refractivity contribution is 6.35. The van der Waals surface area contributed by atoms with Gasteiger partial charge >= 0.3 is 0 Å². The van der Waals surface area contributed by atoms with Crippen molar-refractivity contribution in [3.63, 3.8) is 0 Å². The van der Waals surface area contributed by atoms with Crippen LogP contribution in [0.5, 0.6) is 5.75 Å². The van der Waals surface area contributed by atoms with Gasteiger partial charge in [0.25, 0.3) is 5.89 Å². The van der Waals surface area contributed by atoms with Crippen molar-refractivity contribution in [2.45, 2.75) is 13.0 Å². The topological polar surface area (TPSA) is 61.0 Å². The van der Waals surface area contributed by atoms with Crippen LogP contribution in [-0.2, 0) is 0 Å². The molecule has 3 aromatic rings. The zero-order chi connectivity index (χ0) is 15.5. The van der Waals surface area contributed by atoms with Gasteiger partial charge in [-0.05, 0) is 37.3 Å². The Balaban J connectivity index is 1.78. The van der Waals surface area contributed by atoms with Crippen LogP contribution in [-0.4, -0.2) is 15.1 Å². The van der Waals surface area contributed by atoms with Gasteiger partial charge in [0, 0.05) is 23.0 Å². The van der Waals surface area contributed by atoms with Gasteiger partial charge in [0.05, 0.1) is 5.02 Å². The molecular formula is C15H11Cl2N3O2. The molecule has 2 heterocycles. The molecule has 0 aliphatic carbocycles. The second kappa shape index (κ2) is 6.34. The largest absolute Gasteiger partial charge is 0.479 e. The summed E-state index contributed by atoms with van der Waals surface area (Å²) in [5.41, 5.74) is 0.772. The Morgan fingerprint density at radius 3 is 2.82 bits per heavy atom. The van der Waals surface area contributed by atoms with E-state index in [0.29, 0.717) is 27.5 Å². The highest BCUT2D eigenvalue weighted by Crippen LogP contribution is 2.31. The summed E-state index contributed by atoms with van der Waals surface area (Å²) in [6, 6.07) is 8.66. The Morgan fingerprint density at radius 1 is 1.23 bits per heavy atom. The number of rotatable bonds is 4. The zero-order valence-electron chi connectivity index (χ0n) is 11.5. The fraction of sp³-hybridized carbons (Fsp3) is 0.133. The van der Waals surface area contributed by atoms with Crippen molar-refractivity contribution in [2.24, 2.45) is 0 Å². The zero-order valence-corrected chi connectivity index (χ0v) is 13.0. The lowest BCUT2D eigenvalue weighted by molar-refractivity contribution is 0.176. The van der Waals surface area contributed by atoms with Crippen molar-refractivity contribution in [1.29, 1.82) is 0 Å². The first-order valence-electron chi connectivity index (χ1n) is 6.49. The summed E-state index contributed by atoms with van der Waals surface area (Å²) in [5, 5.41) is 4.89. The van der Waals surface area contributed by atoms with E-state index in [2.05, 4.69) is 15.1 Å². The summed E-state index contributed by atoms with van der Waals surface area (Å²) in [6.07, 6.45) is 2.89. The van der Waals surface area contributed by atoms with E-state index in [1.807, 2.05) is 6.07 Å². The SMILES string of the molecule is C[C@@H](Oc1ccc(Cl)cc1Cl)c1nc(-c2cccnc2)no1. The number of hydrogen-bond acceptors (Lipinski definition) is 5. The lowest BCUT2D eigenvalue weighted by Gasteiger charge is -2.12. The lowest BCUT2D eigenvalue weighted by atomic mass is 10.3. The van der Waals surface area contributed by atoms with Crippen LogP contribution in [0, 0.1) is 0 Å².